The number of anilines is 1. The number of nitrogens with one attached hydrogen (secondary N) is 1. The molecule has 0 fully saturated rings. The van der Waals surface area contributed by atoms with E-state index in [1.807, 2.05) is 6.92 Å². The topological polar surface area (TPSA) is 49.4 Å². The van der Waals surface area contributed by atoms with Crippen molar-refractivity contribution in [3.63, 3.8) is 0 Å². The number of carbonyl (C=O) groups is 2. The Morgan fingerprint density at radius 1 is 1.35 bits per heavy atom. The van der Waals surface area contributed by atoms with Crippen molar-refractivity contribution < 1.29 is 9.59 Å². The first-order chi connectivity index (χ1) is 9.43. The van der Waals surface area contributed by atoms with Crippen LogP contribution in [0.3, 0.4) is 0 Å². The summed E-state index contributed by atoms with van der Waals surface area (Å²) < 4.78 is 0. The highest BCUT2D eigenvalue weighted by atomic mass is 35.5. The van der Waals surface area contributed by atoms with Gasteiger partial charge >= 0.3 is 0 Å². The predicted molar refractivity (Wildman–Crippen MR) is 82.0 cm³/mol. The van der Waals surface area contributed by atoms with E-state index >= 15 is 0 Å². The van der Waals surface area contributed by atoms with E-state index in [2.05, 4.69) is 12.2 Å². The molecule has 0 aliphatic carbocycles. The number of hydrogen-bond acceptors (Lipinski definition) is 2. The molecule has 110 valence electrons. The van der Waals surface area contributed by atoms with Crippen LogP contribution in [0.4, 0.5) is 5.69 Å². The highest BCUT2D eigenvalue weighted by Crippen LogP contribution is 2.19. The number of carbonyl (C=O) groups excluding carboxylic acids is 2. The Labute approximate surface area is 125 Å². The fraction of sp³-hybridized carbons (Fsp3) is 0.467. The molecule has 0 atom stereocenters. The normalized spacial score (nSPS) is 10.2. The molecule has 0 aliphatic heterocycles. The minimum Gasteiger partial charge on any atom is -0.345 e. The first-order valence-electron chi connectivity index (χ1n) is 6.74. The van der Waals surface area contributed by atoms with Crippen LogP contribution in [-0.4, -0.2) is 30.3 Å². The Balaban J connectivity index is 2.53. The standard InChI is InChI=1S/C15H21ClN2O2/c1-4-5-8-18(3)15(20)10-14(19)17-13-7-6-12(16)9-11(13)2/h6-7,9H,4-5,8,10H2,1-3H3,(H,17,19). The molecule has 1 N–H and O–H groups in total. The van der Waals surface area contributed by atoms with Gasteiger partial charge in [0, 0.05) is 24.3 Å². The van der Waals surface area contributed by atoms with Crippen molar-refractivity contribution >= 4 is 29.1 Å². The molecule has 4 nitrogen and oxygen atoms in total. The molecule has 0 aromatic heterocycles. The molecule has 2 amide bonds. The Bertz CT molecular complexity index is 489. The highest BCUT2D eigenvalue weighted by Gasteiger charge is 2.14. The molecule has 0 bridgehead atoms. The first kappa shape index (κ1) is 16.5. The van der Waals surface area contributed by atoms with E-state index in [1.165, 1.54) is 0 Å². The molecule has 0 heterocycles. The largest absolute Gasteiger partial charge is 0.345 e. The van der Waals surface area contributed by atoms with Crippen LogP contribution >= 0.6 is 11.6 Å². The van der Waals surface area contributed by atoms with E-state index in [4.69, 9.17) is 11.6 Å². The van der Waals surface area contributed by atoms with Gasteiger partial charge in [0.05, 0.1) is 0 Å². The zero-order valence-electron chi connectivity index (χ0n) is 12.2. The van der Waals surface area contributed by atoms with Gasteiger partial charge in [0.2, 0.25) is 11.8 Å². The van der Waals surface area contributed by atoms with Gasteiger partial charge in [-0.15, -0.1) is 0 Å². The number of halogens is 1. The third-order valence-corrected chi connectivity index (χ3v) is 3.28. The molecule has 20 heavy (non-hydrogen) atoms. The lowest BCUT2D eigenvalue weighted by Crippen LogP contribution is -2.31. The first-order valence-corrected chi connectivity index (χ1v) is 7.11. The summed E-state index contributed by atoms with van der Waals surface area (Å²) in [6.07, 6.45) is 1.83. The molecular formula is C15H21ClN2O2. The quantitative estimate of drug-likeness (QED) is 0.819. The van der Waals surface area contributed by atoms with Crippen LogP contribution in [0.15, 0.2) is 18.2 Å². The average molecular weight is 297 g/mol. The molecular weight excluding hydrogens is 276 g/mol. The van der Waals surface area contributed by atoms with Crippen molar-refractivity contribution in [2.45, 2.75) is 33.1 Å². The van der Waals surface area contributed by atoms with Gasteiger partial charge in [0.25, 0.3) is 0 Å². The van der Waals surface area contributed by atoms with Crippen molar-refractivity contribution in [2.75, 3.05) is 18.9 Å². The maximum absolute atomic E-state index is 11.8. The lowest BCUT2D eigenvalue weighted by atomic mass is 10.2. The highest BCUT2D eigenvalue weighted by molar-refractivity contribution is 6.30. The lowest BCUT2D eigenvalue weighted by Gasteiger charge is -2.16. The molecule has 0 spiro atoms. The summed E-state index contributed by atoms with van der Waals surface area (Å²) in [5, 5.41) is 3.36. The summed E-state index contributed by atoms with van der Waals surface area (Å²) in [4.78, 5) is 25.3. The molecule has 0 saturated carbocycles. The smallest absolute Gasteiger partial charge is 0.233 e. The molecule has 1 aromatic rings. The summed E-state index contributed by atoms with van der Waals surface area (Å²) in [6, 6.07) is 5.21. The summed E-state index contributed by atoms with van der Waals surface area (Å²) in [5.74, 6) is -0.466. The average Bonchev–Trinajstić information content (AvgIpc) is 2.39. The zero-order valence-corrected chi connectivity index (χ0v) is 13.0. The third kappa shape index (κ3) is 5.21. The third-order valence-electron chi connectivity index (χ3n) is 3.05. The summed E-state index contributed by atoms with van der Waals surface area (Å²) in [5.41, 5.74) is 1.56. The van der Waals surface area contributed by atoms with E-state index in [0.717, 1.165) is 18.4 Å². The minimum atomic E-state index is -0.302. The van der Waals surface area contributed by atoms with Gasteiger partial charge in [-0.05, 0) is 37.1 Å². The lowest BCUT2D eigenvalue weighted by molar-refractivity contribution is -0.133. The number of nitrogens with zero attached hydrogens (tertiary/aromatic N) is 1. The SMILES string of the molecule is CCCCN(C)C(=O)CC(=O)Nc1ccc(Cl)cc1C. The van der Waals surface area contributed by atoms with Crippen LogP contribution in [-0.2, 0) is 9.59 Å². The van der Waals surface area contributed by atoms with Crippen molar-refractivity contribution in [1.82, 2.24) is 4.90 Å². The van der Waals surface area contributed by atoms with Gasteiger partial charge in [-0.25, -0.2) is 0 Å². The molecule has 0 unspecified atom stereocenters. The summed E-state index contributed by atoms with van der Waals surface area (Å²) in [6.45, 7) is 4.60. The molecule has 1 aromatic carbocycles. The Kier molecular flexibility index (Phi) is 6.52. The van der Waals surface area contributed by atoms with Gasteiger partial charge in [0.1, 0.15) is 6.42 Å². The number of hydrogen-bond donors (Lipinski definition) is 1. The van der Waals surface area contributed by atoms with Gasteiger partial charge in [-0.3, -0.25) is 9.59 Å². The van der Waals surface area contributed by atoms with Gasteiger partial charge in [-0.1, -0.05) is 24.9 Å². The number of aryl methyl sites for hydroxylation is 1. The summed E-state index contributed by atoms with van der Waals surface area (Å²) in [7, 11) is 1.72. The van der Waals surface area contributed by atoms with Crippen molar-refractivity contribution in [3.05, 3.63) is 28.8 Å². The van der Waals surface area contributed by atoms with E-state index < -0.39 is 0 Å². The zero-order chi connectivity index (χ0) is 15.1. The van der Waals surface area contributed by atoms with Gasteiger partial charge in [0.15, 0.2) is 0 Å². The van der Waals surface area contributed by atoms with Crippen LogP contribution < -0.4 is 5.32 Å². The minimum absolute atomic E-state index is 0.137. The van der Waals surface area contributed by atoms with E-state index in [-0.39, 0.29) is 18.2 Å². The van der Waals surface area contributed by atoms with Crippen molar-refractivity contribution in [3.8, 4) is 0 Å². The fourth-order valence-electron chi connectivity index (χ4n) is 1.75. The maximum Gasteiger partial charge on any atom is 0.233 e. The van der Waals surface area contributed by atoms with Crippen LogP contribution in [0.1, 0.15) is 31.7 Å². The monoisotopic (exact) mass is 296 g/mol. The molecule has 0 aliphatic rings. The maximum atomic E-state index is 11.8. The molecule has 5 heteroatoms. The van der Waals surface area contributed by atoms with Crippen LogP contribution in [0.25, 0.3) is 0 Å². The molecule has 0 radical (unpaired) electrons. The van der Waals surface area contributed by atoms with Crippen molar-refractivity contribution in [1.29, 1.82) is 0 Å². The Hall–Kier alpha value is -1.55. The van der Waals surface area contributed by atoms with E-state index in [0.29, 0.717) is 17.3 Å². The second kappa shape index (κ2) is 7.90. The number of amides is 2. The van der Waals surface area contributed by atoms with Crippen LogP contribution in [0, 0.1) is 6.92 Å². The van der Waals surface area contributed by atoms with Crippen molar-refractivity contribution in [2.24, 2.45) is 0 Å². The van der Waals surface area contributed by atoms with E-state index in [9.17, 15) is 9.59 Å². The number of rotatable bonds is 6. The molecule has 1 rings (SSSR count). The second-order valence-corrected chi connectivity index (χ2v) is 5.29. The number of benzene rings is 1. The van der Waals surface area contributed by atoms with Gasteiger partial charge in [-0.2, -0.15) is 0 Å². The molecule has 0 saturated heterocycles. The number of unbranched alkanes of at least 4 members (excludes halogenated alkanes) is 1. The summed E-state index contributed by atoms with van der Waals surface area (Å²) >= 11 is 5.85. The Morgan fingerprint density at radius 2 is 2.05 bits per heavy atom. The predicted octanol–water partition coefficient (Wildman–Crippen LogP) is 3.24. The van der Waals surface area contributed by atoms with Crippen LogP contribution in [0.5, 0.6) is 0 Å². The van der Waals surface area contributed by atoms with Crippen LogP contribution in [0.2, 0.25) is 5.02 Å². The second-order valence-electron chi connectivity index (χ2n) is 4.85. The van der Waals surface area contributed by atoms with Gasteiger partial charge < -0.3 is 10.2 Å². The Morgan fingerprint density at radius 3 is 2.65 bits per heavy atom. The fourth-order valence-corrected chi connectivity index (χ4v) is 1.98. The van der Waals surface area contributed by atoms with E-state index in [1.54, 1.807) is 30.1 Å².